The third kappa shape index (κ3) is 11.8. The summed E-state index contributed by atoms with van der Waals surface area (Å²) in [6.07, 6.45) is -0.954. The Morgan fingerprint density at radius 2 is 1.05 bits per heavy atom. The van der Waals surface area contributed by atoms with Crippen LogP contribution in [0.25, 0.3) is 0 Å². The lowest BCUT2D eigenvalue weighted by molar-refractivity contribution is 0.0450. The molecule has 0 amide bonds. The first-order valence-electron chi connectivity index (χ1n) is 6.02. The monoisotopic (exact) mass is 320 g/mol. The van der Waals surface area contributed by atoms with Crippen molar-refractivity contribution in [3.63, 3.8) is 0 Å². The van der Waals surface area contributed by atoms with Crippen LogP contribution in [0.3, 0.4) is 0 Å². The molecule has 9 nitrogen and oxygen atoms in total. The summed E-state index contributed by atoms with van der Waals surface area (Å²) in [7, 11) is 0. The zero-order valence-electron chi connectivity index (χ0n) is 11.7. The summed E-state index contributed by atoms with van der Waals surface area (Å²) in [6.45, 7) is -0.979. The molecule has 0 radical (unpaired) electrons. The molecule has 9 heteroatoms. The summed E-state index contributed by atoms with van der Waals surface area (Å²) in [6, 6.07) is 5.02. The Morgan fingerprint density at radius 1 is 0.773 bits per heavy atom. The van der Waals surface area contributed by atoms with Crippen molar-refractivity contribution in [2.45, 2.75) is 6.10 Å². The fraction of sp³-hybridized carbons (Fsp3) is 0.385. The molecule has 0 aliphatic rings. The average molecular weight is 320 g/mol. The van der Waals surface area contributed by atoms with E-state index in [4.69, 9.17) is 35.7 Å². The van der Waals surface area contributed by atoms with Gasteiger partial charge in [-0.3, -0.25) is 0 Å². The van der Waals surface area contributed by atoms with Crippen LogP contribution in [0.15, 0.2) is 24.3 Å². The van der Waals surface area contributed by atoms with Crippen molar-refractivity contribution in [3.05, 3.63) is 35.4 Å². The number of carboxylic acids is 2. The second kappa shape index (κ2) is 13.9. The van der Waals surface area contributed by atoms with Crippen LogP contribution in [0, 0.1) is 0 Å². The summed E-state index contributed by atoms with van der Waals surface area (Å²) in [5.74, 6) is -2.13. The van der Waals surface area contributed by atoms with Crippen molar-refractivity contribution in [1.82, 2.24) is 0 Å². The molecule has 7 N–H and O–H groups in total. The second-order valence-corrected chi connectivity index (χ2v) is 3.65. The van der Waals surface area contributed by atoms with E-state index in [1.165, 1.54) is 24.3 Å². The Kier molecular flexibility index (Phi) is 14.1. The third-order valence-corrected chi connectivity index (χ3v) is 1.90. The van der Waals surface area contributed by atoms with Gasteiger partial charge in [0.25, 0.3) is 0 Å². The highest BCUT2D eigenvalue weighted by Crippen LogP contribution is 2.03. The molecule has 0 bridgehead atoms. The highest BCUT2D eigenvalue weighted by molar-refractivity contribution is 5.91. The minimum absolute atomic E-state index is 0.0833. The maximum absolute atomic E-state index is 10.3. The smallest absolute Gasteiger partial charge is 0.335 e. The molecule has 0 aliphatic heterocycles. The van der Waals surface area contributed by atoms with Crippen molar-refractivity contribution in [2.75, 3.05) is 26.4 Å². The number of rotatable bonds is 5. The number of carboxylic acid groups (broad SMARTS) is 2. The number of benzene rings is 1. The highest BCUT2D eigenvalue weighted by atomic mass is 16.4. The molecule has 0 saturated heterocycles. The molecule has 0 saturated carbocycles. The first-order chi connectivity index (χ1) is 10.3. The van der Waals surface area contributed by atoms with Crippen LogP contribution in [-0.4, -0.2) is 80.2 Å². The molecule has 1 rings (SSSR count). The molecule has 22 heavy (non-hydrogen) atoms. The number of hydrogen-bond donors (Lipinski definition) is 7. The molecule has 0 unspecified atom stereocenters. The Balaban J connectivity index is 0. The Bertz CT molecular complexity index is 377. The van der Waals surface area contributed by atoms with Crippen LogP contribution in [0.4, 0.5) is 0 Å². The molecule has 0 aliphatic carbocycles. The summed E-state index contributed by atoms with van der Waals surface area (Å²) in [5.41, 5.74) is 0.167. The number of hydrogen-bond acceptors (Lipinski definition) is 7. The quantitative estimate of drug-likeness (QED) is 0.336. The van der Waals surface area contributed by atoms with Crippen molar-refractivity contribution < 1.29 is 45.3 Å². The van der Waals surface area contributed by atoms with Gasteiger partial charge >= 0.3 is 11.9 Å². The summed E-state index contributed by atoms with van der Waals surface area (Å²) >= 11 is 0. The van der Waals surface area contributed by atoms with E-state index in [1.807, 2.05) is 0 Å². The molecule has 0 atom stereocenters. The van der Waals surface area contributed by atoms with E-state index in [2.05, 4.69) is 0 Å². The van der Waals surface area contributed by atoms with Crippen molar-refractivity contribution >= 4 is 11.9 Å². The maximum atomic E-state index is 10.3. The van der Waals surface area contributed by atoms with Crippen LogP contribution in [-0.2, 0) is 0 Å². The average Bonchev–Trinajstić information content (AvgIpc) is 2.54. The van der Waals surface area contributed by atoms with Gasteiger partial charge in [0.2, 0.25) is 0 Å². The van der Waals surface area contributed by atoms with E-state index < -0.39 is 18.0 Å². The molecule has 0 spiro atoms. The first-order valence-corrected chi connectivity index (χ1v) is 6.02. The third-order valence-electron chi connectivity index (χ3n) is 1.90. The Hall–Kier alpha value is -2.04. The second-order valence-electron chi connectivity index (χ2n) is 3.65. The van der Waals surface area contributed by atoms with Gasteiger partial charge in [0.1, 0.15) is 6.10 Å². The van der Waals surface area contributed by atoms with Crippen LogP contribution in [0.2, 0.25) is 0 Å². The summed E-state index contributed by atoms with van der Waals surface area (Å²) in [4.78, 5) is 20.7. The largest absolute Gasteiger partial charge is 0.478 e. The summed E-state index contributed by atoms with van der Waals surface area (Å²) in [5, 5.41) is 56.2. The number of aromatic carboxylic acids is 2. The minimum atomic E-state index is -1.06. The molecular weight excluding hydrogens is 300 g/mol. The van der Waals surface area contributed by atoms with E-state index >= 15 is 0 Å². The van der Waals surface area contributed by atoms with Crippen molar-refractivity contribution in [1.29, 1.82) is 0 Å². The van der Waals surface area contributed by atoms with Gasteiger partial charge in [0.15, 0.2) is 0 Å². The fourth-order valence-corrected chi connectivity index (χ4v) is 0.813. The van der Waals surface area contributed by atoms with Gasteiger partial charge in [0, 0.05) is 0 Å². The van der Waals surface area contributed by atoms with E-state index in [-0.39, 0.29) is 37.6 Å². The molecule has 1 aromatic carbocycles. The summed E-state index contributed by atoms with van der Waals surface area (Å²) < 4.78 is 0. The Morgan fingerprint density at radius 3 is 1.14 bits per heavy atom. The minimum Gasteiger partial charge on any atom is -0.478 e. The fourth-order valence-electron chi connectivity index (χ4n) is 0.813. The SMILES string of the molecule is O=C(O)c1ccc(C(=O)O)cc1.OCC(O)CO.OCCO. The lowest BCUT2D eigenvalue weighted by Crippen LogP contribution is -2.15. The molecule has 0 heterocycles. The van der Waals surface area contributed by atoms with E-state index in [0.717, 1.165) is 0 Å². The standard InChI is InChI=1S/C8H6O4.C3H8O3.C2H6O2/c9-7(10)5-1-2-6(4-3-5)8(11)12;4-1-3(6)2-5;3-1-2-4/h1-4H,(H,9,10)(H,11,12);3-6H,1-2H2;3-4H,1-2H2. The number of aliphatic hydroxyl groups is 5. The van der Waals surface area contributed by atoms with Crippen LogP contribution in [0.1, 0.15) is 20.7 Å². The van der Waals surface area contributed by atoms with E-state index in [9.17, 15) is 9.59 Å². The van der Waals surface area contributed by atoms with Gasteiger partial charge in [-0.15, -0.1) is 0 Å². The maximum Gasteiger partial charge on any atom is 0.335 e. The van der Waals surface area contributed by atoms with Gasteiger partial charge in [-0.05, 0) is 24.3 Å². The van der Waals surface area contributed by atoms with Gasteiger partial charge in [-0.1, -0.05) is 0 Å². The topological polar surface area (TPSA) is 176 Å². The van der Waals surface area contributed by atoms with E-state index in [1.54, 1.807) is 0 Å². The molecule has 0 aromatic heterocycles. The molecule has 1 aromatic rings. The van der Waals surface area contributed by atoms with E-state index in [0.29, 0.717) is 0 Å². The van der Waals surface area contributed by atoms with Gasteiger partial charge in [-0.2, -0.15) is 0 Å². The molecule has 0 fully saturated rings. The molecule has 126 valence electrons. The van der Waals surface area contributed by atoms with Crippen LogP contribution in [0.5, 0.6) is 0 Å². The predicted octanol–water partition coefficient (Wildman–Crippen LogP) is -1.61. The lowest BCUT2D eigenvalue weighted by Gasteiger charge is -1.96. The normalized spacial score (nSPS) is 9.18. The van der Waals surface area contributed by atoms with Crippen LogP contribution >= 0.6 is 0 Å². The predicted molar refractivity (Wildman–Crippen MR) is 74.7 cm³/mol. The van der Waals surface area contributed by atoms with Gasteiger partial charge in [-0.25, -0.2) is 9.59 Å². The van der Waals surface area contributed by atoms with Crippen LogP contribution < -0.4 is 0 Å². The van der Waals surface area contributed by atoms with Gasteiger partial charge < -0.3 is 35.7 Å². The number of carbonyl (C=O) groups is 2. The van der Waals surface area contributed by atoms with Crippen molar-refractivity contribution in [3.8, 4) is 0 Å². The van der Waals surface area contributed by atoms with Crippen molar-refractivity contribution in [2.24, 2.45) is 0 Å². The Labute approximate surface area is 126 Å². The molecular formula is C13H20O9. The number of aliphatic hydroxyl groups excluding tert-OH is 5. The lowest BCUT2D eigenvalue weighted by atomic mass is 10.1. The first kappa shape index (κ1) is 22.2. The van der Waals surface area contributed by atoms with Gasteiger partial charge in [0.05, 0.1) is 37.6 Å². The zero-order chi connectivity index (χ0) is 17.5. The highest BCUT2D eigenvalue weighted by Gasteiger charge is 2.04. The zero-order valence-corrected chi connectivity index (χ0v) is 11.7.